The van der Waals surface area contributed by atoms with Crippen LogP contribution in [0.15, 0.2) is 18.2 Å². The van der Waals surface area contributed by atoms with Gasteiger partial charge in [0.15, 0.2) is 0 Å². The van der Waals surface area contributed by atoms with Crippen LogP contribution < -0.4 is 4.90 Å². The van der Waals surface area contributed by atoms with Crippen molar-refractivity contribution < 1.29 is 4.79 Å². The van der Waals surface area contributed by atoms with Gasteiger partial charge >= 0.3 is 0 Å². The molecule has 0 atom stereocenters. The molecule has 2 heterocycles. The zero-order valence-corrected chi connectivity index (χ0v) is 10.9. The molecule has 0 aromatic heterocycles. The maximum Gasteiger partial charge on any atom is 0.235 e. The minimum absolute atomic E-state index is 0.0834. The van der Waals surface area contributed by atoms with E-state index in [2.05, 4.69) is 23.1 Å². The van der Waals surface area contributed by atoms with Gasteiger partial charge in [0, 0.05) is 19.3 Å². The SMILES string of the molecule is CN1C(=O)[CH]c2ccc(CN3CCCCC3)cc21. The van der Waals surface area contributed by atoms with Crippen LogP contribution in [0.2, 0.25) is 0 Å². The Bertz CT molecular complexity index is 464. The average molecular weight is 243 g/mol. The first kappa shape index (κ1) is 11.7. The summed E-state index contributed by atoms with van der Waals surface area (Å²) in [4.78, 5) is 15.8. The highest BCUT2D eigenvalue weighted by Crippen LogP contribution is 2.30. The van der Waals surface area contributed by atoms with E-state index in [1.165, 1.54) is 37.9 Å². The summed E-state index contributed by atoms with van der Waals surface area (Å²) < 4.78 is 0. The molecule has 0 unspecified atom stereocenters. The smallest absolute Gasteiger partial charge is 0.235 e. The van der Waals surface area contributed by atoms with E-state index in [0.29, 0.717) is 0 Å². The molecule has 0 spiro atoms. The molecule has 2 aliphatic rings. The van der Waals surface area contributed by atoms with Crippen LogP contribution in [0.4, 0.5) is 5.69 Å². The van der Waals surface area contributed by atoms with Gasteiger partial charge in [-0.2, -0.15) is 0 Å². The minimum atomic E-state index is 0.0834. The highest BCUT2D eigenvalue weighted by Gasteiger charge is 2.24. The van der Waals surface area contributed by atoms with Crippen LogP contribution in [0.5, 0.6) is 0 Å². The number of fused-ring (bicyclic) bond motifs is 1. The maximum atomic E-state index is 11.6. The molecule has 3 rings (SSSR count). The summed E-state index contributed by atoms with van der Waals surface area (Å²) >= 11 is 0. The van der Waals surface area contributed by atoms with Crippen molar-refractivity contribution in [1.29, 1.82) is 0 Å². The summed E-state index contributed by atoms with van der Waals surface area (Å²) in [5.74, 6) is 0.0834. The molecule has 1 aromatic carbocycles. The number of benzene rings is 1. The average Bonchev–Trinajstić information content (AvgIpc) is 2.67. The number of carbonyl (C=O) groups is 1. The van der Waals surface area contributed by atoms with Gasteiger partial charge in [-0.25, -0.2) is 0 Å². The third kappa shape index (κ3) is 2.15. The lowest BCUT2D eigenvalue weighted by molar-refractivity contribution is -0.114. The molecule has 1 fully saturated rings. The standard InChI is InChI=1S/C15H19N2O/c1-16-14-9-12(5-6-13(14)10-15(16)18)11-17-7-3-2-4-8-17/h5-6,9-10H,2-4,7-8,11H2,1H3. The van der Waals surface area contributed by atoms with Gasteiger partial charge in [0.1, 0.15) is 0 Å². The number of likely N-dealkylation sites (tertiary alicyclic amines) is 1. The number of piperidine rings is 1. The van der Waals surface area contributed by atoms with Gasteiger partial charge in [-0.05, 0) is 43.1 Å². The summed E-state index contributed by atoms with van der Waals surface area (Å²) in [5.41, 5.74) is 3.41. The van der Waals surface area contributed by atoms with Gasteiger partial charge in [-0.15, -0.1) is 0 Å². The first-order chi connectivity index (χ1) is 8.74. The van der Waals surface area contributed by atoms with Gasteiger partial charge in [0.2, 0.25) is 5.91 Å². The molecule has 1 saturated heterocycles. The van der Waals surface area contributed by atoms with Crippen LogP contribution in [-0.2, 0) is 11.3 Å². The van der Waals surface area contributed by atoms with Crippen molar-refractivity contribution in [2.45, 2.75) is 25.8 Å². The van der Waals surface area contributed by atoms with Gasteiger partial charge in [-0.1, -0.05) is 18.6 Å². The third-order valence-electron chi connectivity index (χ3n) is 3.92. The first-order valence-electron chi connectivity index (χ1n) is 6.72. The normalized spacial score (nSPS) is 20.3. The first-order valence-corrected chi connectivity index (χ1v) is 6.72. The second-order valence-corrected chi connectivity index (χ2v) is 5.27. The molecule has 0 saturated carbocycles. The van der Waals surface area contributed by atoms with Crippen LogP contribution in [0.25, 0.3) is 0 Å². The predicted octanol–water partition coefficient (Wildman–Crippen LogP) is 2.20. The zero-order chi connectivity index (χ0) is 12.5. The largest absolute Gasteiger partial charge is 0.315 e. The van der Waals surface area contributed by atoms with E-state index in [-0.39, 0.29) is 5.91 Å². The van der Waals surface area contributed by atoms with E-state index >= 15 is 0 Å². The predicted molar refractivity (Wildman–Crippen MR) is 72.4 cm³/mol. The van der Waals surface area contributed by atoms with E-state index in [9.17, 15) is 4.79 Å². The summed E-state index contributed by atoms with van der Waals surface area (Å²) in [6.07, 6.45) is 5.71. The Kier molecular flexibility index (Phi) is 3.08. The lowest BCUT2D eigenvalue weighted by Crippen LogP contribution is -2.29. The number of rotatable bonds is 2. The quantitative estimate of drug-likeness (QED) is 0.795. The highest BCUT2D eigenvalue weighted by molar-refractivity contribution is 6.08. The van der Waals surface area contributed by atoms with E-state index in [4.69, 9.17) is 0 Å². The van der Waals surface area contributed by atoms with Crippen molar-refractivity contribution in [3.63, 3.8) is 0 Å². The summed E-state index contributed by atoms with van der Waals surface area (Å²) in [6.45, 7) is 3.42. The molecular formula is C15H19N2O. The van der Waals surface area contributed by atoms with E-state index in [0.717, 1.165) is 17.8 Å². The van der Waals surface area contributed by atoms with Crippen molar-refractivity contribution in [3.05, 3.63) is 35.7 Å². The monoisotopic (exact) mass is 243 g/mol. The molecule has 95 valence electrons. The summed E-state index contributed by atoms with van der Waals surface area (Å²) in [7, 11) is 1.84. The molecular weight excluding hydrogens is 224 g/mol. The molecule has 0 N–H and O–H groups in total. The van der Waals surface area contributed by atoms with Crippen LogP contribution in [0.3, 0.4) is 0 Å². The molecule has 1 aromatic rings. The number of anilines is 1. The van der Waals surface area contributed by atoms with E-state index in [1.807, 2.05) is 7.05 Å². The fourth-order valence-corrected chi connectivity index (χ4v) is 2.82. The van der Waals surface area contributed by atoms with E-state index < -0.39 is 0 Å². The fraction of sp³-hybridized carbons (Fsp3) is 0.467. The molecule has 3 nitrogen and oxygen atoms in total. The second-order valence-electron chi connectivity index (χ2n) is 5.27. The Morgan fingerprint density at radius 3 is 2.72 bits per heavy atom. The van der Waals surface area contributed by atoms with Crippen molar-refractivity contribution in [3.8, 4) is 0 Å². The number of amides is 1. The van der Waals surface area contributed by atoms with Crippen molar-refractivity contribution in [2.24, 2.45) is 0 Å². The van der Waals surface area contributed by atoms with E-state index in [1.54, 1.807) is 11.3 Å². The third-order valence-corrected chi connectivity index (χ3v) is 3.92. The number of nitrogens with zero attached hydrogens (tertiary/aromatic N) is 2. The molecule has 18 heavy (non-hydrogen) atoms. The lowest BCUT2D eigenvalue weighted by atomic mass is 10.1. The Balaban J connectivity index is 1.76. The Labute approximate surface area is 108 Å². The zero-order valence-electron chi connectivity index (χ0n) is 10.9. The number of hydrogen-bond donors (Lipinski definition) is 0. The van der Waals surface area contributed by atoms with Gasteiger partial charge in [-0.3, -0.25) is 9.69 Å². The van der Waals surface area contributed by atoms with Crippen LogP contribution in [-0.4, -0.2) is 30.9 Å². The highest BCUT2D eigenvalue weighted by atomic mass is 16.2. The molecule has 1 amide bonds. The van der Waals surface area contributed by atoms with Crippen molar-refractivity contribution >= 4 is 11.6 Å². The number of hydrogen-bond acceptors (Lipinski definition) is 2. The van der Waals surface area contributed by atoms with Crippen molar-refractivity contribution in [2.75, 3.05) is 25.0 Å². The van der Waals surface area contributed by atoms with Crippen LogP contribution in [0, 0.1) is 6.42 Å². The Morgan fingerprint density at radius 1 is 1.17 bits per heavy atom. The lowest BCUT2D eigenvalue weighted by Gasteiger charge is -2.26. The van der Waals surface area contributed by atoms with Crippen LogP contribution in [0.1, 0.15) is 30.4 Å². The molecule has 1 radical (unpaired) electrons. The minimum Gasteiger partial charge on any atom is -0.315 e. The summed E-state index contributed by atoms with van der Waals surface area (Å²) in [6, 6.07) is 6.37. The Morgan fingerprint density at radius 2 is 1.94 bits per heavy atom. The van der Waals surface area contributed by atoms with Gasteiger partial charge < -0.3 is 4.90 Å². The maximum absolute atomic E-state index is 11.6. The van der Waals surface area contributed by atoms with Crippen LogP contribution >= 0.6 is 0 Å². The molecule has 0 aliphatic carbocycles. The molecule has 2 aliphatic heterocycles. The molecule has 3 heteroatoms. The van der Waals surface area contributed by atoms with Crippen molar-refractivity contribution in [1.82, 2.24) is 4.90 Å². The Hall–Kier alpha value is -1.35. The second kappa shape index (κ2) is 4.73. The fourth-order valence-electron chi connectivity index (χ4n) is 2.82. The topological polar surface area (TPSA) is 23.6 Å². The number of likely N-dealkylation sites (N-methyl/N-ethyl adjacent to an activating group) is 1. The number of carbonyl (C=O) groups excluding carboxylic acids is 1. The van der Waals surface area contributed by atoms with Gasteiger partial charge in [0.05, 0.1) is 6.42 Å². The molecule has 0 bridgehead atoms. The van der Waals surface area contributed by atoms with Gasteiger partial charge in [0.25, 0.3) is 0 Å². The summed E-state index contributed by atoms with van der Waals surface area (Å²) in [5, 5.41) is 0.